The number of hydrogen-bond acceptors (Lipinski definition) is 6. The molecule has 0 radical (unpaired) electrons. The number of hydrogen-bond donors (Lipinski definition) is 1. The van der Waals surface area contributed by atoms with Gasteiger partial charge in [0, 0.05) is 4.88 Å². The second kappa shape index (κ2) is 4.85. The molecule has 2 aromatic rings. The minimum Gasteiger partial charge on any atom is -0.390 e. The summed E-state index contributed by atoms with van der Waals surface area (Å²) in [5.41, 5.74) is 6.79. The van der Waals surface area contributed by atoms with Crippen LogP contribution in [-0.4, -0.2) is 29.1 Å². The molecule has 17 heavy (non-hydrogen) atoms. The Morgan fingerprint density at radius 3 is 2.82 bits per heavy atom. The predicted octanol–water partition coefficient (Wildman–Crippen LogP) is 2.00. The van der Waals surface area contributed by atoms with Gasteiger partial charge in [-0.3, -0.25) is 0 Å². The third-order valence-corrected chi connectivity index (χ3v) is 3.42. The van der Waals surface area contributed by atoms with Gasteiger partial charge in [0.2, 0.25) is 0 Å². The number of rotatable bonds is 4. The molecule has 0 bridgehead atoms. The Bertz CT molecular complexity index is 503. The minimum absolute atomic E-state index is 0.510. The van der Waals surface area contributed by atoms with Crippen LogP contribution in [-0.2, 0) is 13.0 Å². The van der Waals surface area contributed by atoms with Crippen molar-refractivity contribution >= 4 is 16.3 Å². The van der Waals surface area contributed by atoms with E-state index >= 15 is 0 Å². The lowest BCUT2D eigenvalue weighted by molar-refractivity contribution is 0.365. The summed E-state index contributed by atoms with van der Waals surface area (Å²) >= 11 is 1.57. The average Bonchev–Trinajstić information content (AvgIpc) is 2.83. The molecule has 0 saturated heterocycles. The van der Waals surface area contributed by atoms with E-state index in [0.717, 1.165) is 17.0 Å². The first kappa shape index (κ1) is 12.1. The van der Waals surface area contributed by atoms with Crippen LogP contribution in [0.3, 0.4) is 0 Å². The molecule has 0 aliphatic rings. The van der Waals surface area contributed by atoms with Crippen molar-refractivity contribution in [1.82, 2.24) is 15.0 Å². The molecule has 2 rings (SSSR count). The van der Waals surface area contributed by atoms with E-state index in [4.69, 9.17) is 10.3 Å². The average molecular weight is 252 g/mol. The van der Waals surface area contributed by atoms with Gasteiger partial charge in [0.25, 0.3) is 5.89 Å². The van der Waals surface area contributed by atoms with Gasteiger partial charge < -0.3 is 15.2 Å². The van der Waals surface area contributed by atoms with Crippen LogP contribution >= 0.6 is 11.3 Å². The van der Waals surface area contributed by atoms with Crippen molar-refractivity contribution in [3.63, 3.8) is 0 Å². The lowest BCUT2D eigenvalue weighted by atomic mass is 10.2. The molecule has 0 fully saturated rings. The SMILES string of the molecule is CCc1cc(-c2nc(CN(C)C)no2)c(N)s1. The van der Waals surface area contributed by atoms with Crippen molar-refractivity contribution < 1.29 is 4.52 Å². The van der Waals surface area contributed by atoms with Crippen molar-refractivity contribution in [2.45, 2.75) is 19.9 Å². The van der Waals surface area contributed by atoms with E-state index < -0.39 is 0 Å². The molecular weight excluding hydrogens is 236 g/mol. The van der Waals surface area contributed by atoms with Crippen LogP contribution in [0.5, 0.6) is 0 Å². The molecule has 0 atom stereocenters. The van der Waals surface area contributed by atoms with E-state index in [0.29, 0.717) is 18.3 Å². The van der Waals surface area contributed by atoms with Crippen molar-refractivity contribution in [3.05, 3.63) is 16.8 Å². The summed E-state index contributed by atoms with van der Waals surface area (Å²) in [5.74, 6) is 1.18. The first-order valence-electron chi connectivity index (χ1n) is 5.46. The van der Waals surface area contributed by atoms with Crippen LogP contribution in [0, 0.1) is 0 Å². The van der Waals surface area contributed by atoms with Gasteiger partial charge in [0.15, 0.2) is 5.82 Å². The monoisotopic (exact) mass is 252 g/mol. The van der Waals surface area contributed by atoms with Gasteiger partial charge in [-0.1, -0.05) is 12.1 Å². The van der Waals surface area contributed by atoms with Crippen LogP contribution in [0.1, 0.15) is 17.6 Å². The maximum Gasteiger partial charge on any atom is 0.260 e. The highest BCUT2D eigenvalue weighted by molar-refractivity contribution is 7.16. The maximum absolute atomic E-state index is 5.94. The third-order valence-electron chi connectivity index (χ3n) is 2.32. The lowest BCUT2D eigenvalue weighted by Gasteiger charge is -2.03. The van der Waals surface area contributed by atoms with Crippen LogP contribution in [0.15, 0.2) is 10.6 Å². The molecule has 92 valence electrons. The fourth-order valence-corrected chi connectivity index (χ4v) is 2.37. The van der Waals surface area contributed by atoms with E-state index in [1.165, 1.54) is 4.88 Å². The van der Waals surface area contributed by atoms with E-state index in [1.807, 2.05) is 25.1 Å². The number of anilines is 1. The van der Waals surface area contributed by atoms with Crippen molar-refractivity contribution in [2.75, 3.05) is 19.8 Å². The largest absolute Gasteiger partial charge is 0.390 e. The summed E-state index contributed by atoms with van der Waals surface area (Å²) < 4.78 is 5.23. The molecule has 6 heteroatoms. The molecule has 2 N–H and O–H groups in total. The quantitative estimate of drug-likeness (QED) is 0.901. The van der Waals surface area contributed by atoms with Gasteiger partial charge in [-0.25, -0.2) is 0 Å². The zero-order valence-corrected chi connectivity index (χ0v) is 11.0. The molecular formula is C11H16N4OS. The van der Waals surface area contributed by atoms with Gasteiger partial charge >= 0.3 is 0 Å². The molecule has 2 aromatic heterocycles. The highest BCUT2D eigenvalue weighted by Crippen LogP contribution is 2.33. The zero-order chi connectivity index (χ0) is 12.4. The molecule has 0 unspecified atom stereocenters. The summed E-state index contributed by atoms with van der Waals surface area (Å²) in [6.07, 6.45) is 0.966. The standard InChI is InChI=1S/C11H16N4OS/c1-4-7-5-8(10(12)17-7)11-13-9(14-16-11)6-15(2)3/h5H,4,6,12H2,1-3H3. The van der Waals surface area contributed by atoms with Gasteiger partial charge in [0.1, 0.15) is 0 Å². The number of nitrogens with zero attached hydrogens (tertiary/aromatic N) is 3. The van der Waals surface area contributed by atoms with E-state index in [-0.39, 0.29) is 0 Å². The molecule has 0 saturated carbocycles. The van der Waals surface area contributed by atoms with Crippen LogP contribution in [0.25, 0.3) is 11.5 Å². The Kier molecular flexibility index (Phi) is 3.44. The number of nitrogen functional groups attached to an aromatic ring is 1. The number of nitrogens with two attached hydrogens (primary N) is 1. The molecule has 2 heterocycles. The smallest absolute Gasteiger partial charge is 0.260 e. The van der Waals surface area contributed by atoms with Gasteiger partial charge in [-0.2, -0.15) is 4.98 Å². The molecule has 0 aliphatic heterocycles. The topological polar surface area (TPSA) is 68.2 Å². The summed E-state index contributed by atoms with van der Waals surface area (Å²) in [5, 5.41) is 4.67. The molecule has 5 nitrogen and oxygen atoms in total. The van der Waals surface area contributed by atoms with E-state index in [1.54, 1.807) is 11.3 Å². The lowest BCUT2D eigenvalue weighted by Crippen LogP contribution is -2.11. The van der Waals surface area contributed by atoms with E-state index in [9.17, 15) is 0 Å². The summed E-state index contributed by atoms with van der Waals surface area (Å²) in [4.78, 5) is 7.55. The Hall–Kier alpha value is -1.40. The van der Waals surface area contributed by atoms with Crippen LogP contribution in [0.2, 0.25) is 0 Å². The fraction of sp³-hybridized carbons (Fsp3) is 0.455. The summed E-state index contributed by atoms with van der Waals surface area (Å²) in [6, 6.07) is 2.02. The fourth-order valence-electron chi connectivity index (χ4n) is 1.51. The minimum atomic E-state index is 0.510. The number of thiophene rings is 1. The summed E-state index contributed by atoms with van der Waals surface area (Å²) in [6.45, 7) is 2.76. The van der Waals surface area contributed by atoms with Crippen LogP contribution in [0.4, 0.5) is 5.00 Å². The van der Waals surface area contributed by atoms with Crippen molar-refractivity contribution in [1.29, 1.82) is 0 Å². The number of aryl methyl sites for hydroxylation is 1. The van der Waals surface area contributed by atoms with E-state index in [2.05, 4.69) is 17.1 Å². The molecule has 0 spiro atoms. The second-order valence-corrected chi connectivity index (χ2v) is 5.27. The summed E-state index contributed by atoms with van der Waals surface area (Å²) in [7, 11) is 3.92. The molecule has 0 aliphatic carbocycles. The van der Waals surface area contributed by atoms with Crippen LogP contribution < -0.4 is 5.73 Å². The maximum atomic E-state index is 5.94. The van der Waals surface area contributed by atoms with Gasteiger partial charge in [-0.05, 0) is 26.6 Å². The second-order valence-electron chi connectivity index (χ2n) is 4.10. The Balaban J connectivity index is 2.26. The third kappa shape index (κ3) is 2.65. The highest BCUT2D eigenvalue weighted by atomic mass is 32.1. The Morgan fingerprint density at radius 2 is 2.24 bits per heavy atom. The Labute approximate surface area is 104 Å². The normalized spacial score (nSPS) is 11.3. The molecule has 0 aromatic carbocycles. The number of aromatic nitrogens is 2. The van der Waals surface area contributed by atoms with Gasteiger partial charge in [-0.15, -0.1) is 11.3 Å². The van der Waals surface area contributed by atoms with Crippen molar-refractivity contribution in [2.24, 2.45) is 0 Å². The highest BCUT2D eigenvalue weighted by Gasteiger charge is 2.15. The predicted molar refractivity (Wildman–Crippen MR) is 68.8 cm³/mol. The first-order chi connectivity index (χ1) is 8.10. The van der Waals surface area contributed by atoms with Crippen molar-refractivity contribution in [3.8, 4) is 11.5 Å². The zero-order valence-electron chi connectivity index (χ0n) is 10.2. The first-order valence-corrected chi connectivity index (χ1v) is 6.27. The Morgan fingerprint density at radius 1 is 1.47 bits per heavy atom. The molecule has 0 amide bonds. The van der Waals surface area contributed by atoms with Gasteiger partial charge in [0.05, 0.1) is 17.1 Å².